The first kappa shape index (κ1) is 51.7. The van der Waals surface area contributed by atoms with Crippen molar-refractivity contribution in [2.45, 2.75) is 86.1 Å². The largest absolute Gasteiger partial charge is 0.480 e. The molecule has 0 aliphatic rings. The number of unbranched alkanes of at least 4 members (excludes halogenated alkanes) is 1. The molecule has 48 heavy (non-hydrogen) atoms. The molecule has 15 heteroatoms. The highest BCUT2D eigenvalue weighted by Crippen LogP contribution is 1.97. The van der Waals surface area contributed by atoms with Crippen LogP contribution in [0.4, 0.5) is 0 Å². The Bertz CT molecular complexity index is 1030. The summed E-state index contributed by atoms with van der Waals surface area (Å²) in [6.45, 7) is 15.5. The van der Waals surface area contributed by atoms with Gasteiger partial charge in [0, 0.05) is 38.7 Å². The molecule has 0 saturated heterocycles. The van der Waals surface area contributed by atoms with Crippen LogP contribution in [0, 0.1) is 0 Å². The number of nitrogens with two attached hydrogens (primary N) is 1. The van der Waals surface area contributed by atoms with Crippen molar-refractivity contribution in [2.75, 3.05) is 66.4 Å². The first-order valence-corrected chi connectivity index (χ1v) is 18.3. The Morgan fingerprint density at radius 1 is 0.854 bits per heavy atom. The van der Waals surface area contributed by atoms with Crippen LogP contribution in [-0.4, -0.2) is 115 Å². The first-order valence-electron chi connectivity index (χ1n) is 16.4. The quantitative estimate of drug-likeness (QED) is 0.111. The fourth-order valence-corrected chi connectivity index (χ4v) is 3.18. The minimum Gasteiger partial charge on any atom is -0.480 e. The minimum atomic E-state index is -2.94. The minimum absolute atomic E-state index is 0.0456. The lowest BCUT2D eigenvalue weighted by atomic mass is 10.2. The number of likely N-dealkylation sites (N-methyl/N-ethyl adjacent to an activating group) is 1. The normalized spacial score (nSPS) is 10.6. The van der Waals surface area contributed by atoms with E-state index in [0.29, 0.717) is 44.8 Å². The Morgan fingerprint density at radius 2 is 1.44 bits per heavy atom. The molecular formula is C33H65N5O9S. The number of nitrogens with zero attached hydrogens (tertiary/aromatic N) is 1. The average molecular weight is 708 g/mol. The van der Waals surface area contributed by atoms with E-state index < -0.39 is 22.0 Å². The summed E-state index contributed by atoms with van der Waals surface area (Å²) in [6.07, 6.45) is 6.55. The second-order valence-electron chi connectivity index (χ2n) is 10.5. The van der Waals surface area contributed by atoms with Gasteiger partial charge in [-0.3, -0.25) is 19.2 Å². The van der Waals surface area contributed by atoms with E-state index in [1.165, 1.54) is 6.92 Å². The SMILES string of the molecule is CCC(N)C(=O)O.CCCCOC(C)=O.CCCNC(=O)CN(C)C.CCCNS(C)(=O)=O.CCCOCCNC(=O)c1ccccc1. The highest BCUT2D eigenvalue weighted by atomic mass is 32.2. The molecule has 0 bridgehead atoms. The number of carbonyl (C=O) groups excluding carboxylic acids is 3. The molecule has 1 rings (SSSR count). The zero-order chi connectivity index (χ0) is 37.8. The number of hydrogen-bond donors (Lipinski definition) is 5. The van der Waals surface area contributed by atoms with Crippen LogP contribution in [0.1, 0.15) is 90.4 Å². The molecule has 282 valence electrons. The third-order valence-corrected chi connectivity index (χ3v) is 5.85. The lowest BCUT2D eigenvalue weighted by molar-refractivity contribution is -0.141. The maximum atomic E-state index is 11.5. The first-order chi connectivity index (χ1) is 22.5. The molecule has 0 spiro atoms. The van der Waals surface area contributed by atoms with Crippen molar-refractivity contribution in [3.8, 4) is 0 Å². The summed E-state index contributed by atoms with van der Waals surface area (Å²) in [5.74, 6) is -1.05. The Hall–Kier alpha value is -3.11. The van der Waals surface area contributed by atoms with Crippen molar-refractivity contribution in [1.29, 1.82) is 0 Å². The Morgan fingerprint density at radius 3 is 1.81 bits per heavy atom. The molecule has 0 radical (unpaired) electrons. The second kappa shape index (κ2) is 36.7. The zero-order valence-electron chi connectivity index (χ0n) is 30.8. The van der Waals surface area contributed by atoms with Crippen molar-refractivity contribution in [3.05, 3.63) is 35.9 Å². The van der Waals surface area contributed by atoms with Gasteiger partial charge in [-0.05, 0) is 58.3 Å². The van der Waals surface area contributed by atoms with Gasteiger partial charge in [0.2, 0.25) is 15.9 Å². The van der Waals surface area contributed by atoms with Gasteiger partial charge < -0.3 is 35.8 Å². The van der Waals surface area contributed by atoms with Gasteiger partial charge in [-0.1, -0.05) is 59.2 Å². The smallest absolute Gasteiger partial charge is 0.320 e. The average Bonchev–Trinajstić information content (AvgIpc) is 3.03. The summed E-state index contributed by atoms with van der Waals surface area (Å²) in [7, 11) is 0.825. The summed E-state index contributed by atoms with van der Waals surface area (Å²) in [5, 5.41) is 13.6. The van der Waals surface area contributed by atoms with E-state index in [0.717, 1.165) is 51.5 Å². The predicted molar refractivity (Wildman–Crippen MR) is 192 cm³/mol. The van der Waals surface area contributed by atoms with Crippen LogP contribution in [0.3, 0.4) is 0 Å². The van der Waals surface area contributed by atoms with Gasteiger partial charge in [-0.2, -0.15) is 0 Å². The van der Waals surface area contributed by atoms with Crippen LogP contribution in [0.15, 0.2) is 30.3 Å². The Balaban J connectivity index is -0.000000261. The molecule has 0 aliphatic heterocycles. The number of aliphatic carboxylic acids is 1. The fourth-order valence-electron chi connectivity index (χ4n) is 2.60. The van der Waals surface area contributed by atoms with Crippen molar-refractivity contribution in [1.82, 2.24) is 20.3 Å². The summed E-state index contributed by atoms with van der Waals surface area (Å²) in [6, 6.07) is 8.50. The van der Waals surface area contributed by atoms with E-state index in [1.54, 1.807) is 19.1 Å². The molecule has 2 amide bonds. The van der Waals surface area contributed by atoms with Crippen LogP contribution in [-0.2, 0) is 33.9 Å². The van der Waals surface area contributed by atoms with Gasteiger partial charge in [0.25, 0.3) is 5.91 Å². The standard InChI is InChI=1S/C12H17NO2.C7H16N2O.C6H12O2.C4H11NO2S.C4H9NO2/c1-2-9-15-10-8-13-12(14)11-6-4-3-5-7-11;1-4-5-8-7(10)6-9(2)3;1-3-4-5-8-6(2)7;1-3-4-5-8(2,6)7;1-2-3(5)4(6)7/h3-7H,2,8-10H2,1H3,(H,13,14);4-6H2,1-3H3,(H,8,10);3-5H2,1-2H3;5H,3-4H2,1-2H3;3H,2,5H2,1H3,(H,6,7). The van der Waals surface area contributed by atoms with Crippen LogP contribution in [0.2, 0.25) is 0 Å². The number of carbonyl (C=O) groups is 4. The van der Waals surface area contributed by atoms with Gasteiger partial charge in [-0.15, -0.1) is 0 Å². The molecular weight excluding hydrogens is 642 g/mol. The van der Waals surface area contributed by atoms with Crippen LogP contribution < -0.4 is 21.1 Å². The maximum Gasteiger partial charge on any atom is 0.320 e. The van der Waals surface area contributed by atoms with E-state index in [1.807, 2.05) is 51.0 Å². The number of carboxylic acids is 1. The molecule has 1 unspecified atom stereocenters. The van der Waals surface area contributed by atoms with E-state index in [2.05, 4.69) is 33.9 Å². The molecule has 14 nitrogen and oxygen atoms in total. The number of nitrogens with one attached hydrogen (secondary N) is 3. The molecule has 1 aromatic rings. The second-order valence-corrected chi connectivity index (χ2v) is 12.4. The maximum absolute atomic E-state index is 11.5. The number of hydrogen-bond acceptors (Lipinski definition) is 10. The molecule has 1 aromatic carbocycles. The lowest BCUT2D eigenvalue weighted by Gasteiger charge is -2.08. The van der Waals surface area contributed by atoms with Gasteiger partial charge in [0.05, 0.1) is 26.0 Å². The van der Waals surface area contributed by atoms with Gasteiger partial charge in [-0.25, -0.2) is 13.1 Å². The number of ether oxygens (including phenoxy) is 2. The molecule has 6 N–H and O–H groups in total. The van der Waals surface area contributed by atoms with Crippen molar-refractivity contribution in [3.63, 3.8) is 0 Å². The van der Waals surface area contributed by atoms with Crippen LogP contribution >= 0.6 is 0 Å². The number of sulfonamides is 1. The molecule has 1 atom stereocenters. The van der Waals surface area contributed by atoms with E-state index in [-0.39, 0.29) is 17.8 Å². The summed E-state index contributed by atoms with van der Waals surface area (Å²) < 4.78 is 32.8. The lowest BCUT2D eigenvalue weighted by Crippen LogP contribution is -2.33. The van der Waals surface area contributed by atoms with E-state index in [9.17, 15) is 27.6 Å². The number of esters is 1. The van der Waals surface area contributed by atoms with Crippen LogP contribution in [0.25, 0.3) is 0 Å². The summed E-state index contributed by atoms with van der Waals surface area (Å²) in [5.41, 5.74) is 5.70. The van der Waals surface area contributed by atoms with E-state index >= 15 is 0 Å². The molecule has 0 aliphatic carbocycles. The predicted octanol–water partition coefficient (Wildman–Crippen LogP) is 3.02. The third-order valence-electron chi connectivity index (χ3n) is 5.12. The Kier molecular flexibility index (Phi) is 39.6. The van der Waals surface area contributed by atoms with Crippen molar-refractivity contribution >= 4 is 33.8 Å². The zero-order valence-corrected chi connectivity index (χ0v) is 31.6. The van der Waals surface area contributed by atoms with Crippen LogP contribution in [0.5, 0.6) is 0 Å². The highest BCUT2D eigenvalue weighted by Gasteiger charge is 2.05. The number of benzene rings is 1. The topological polar surface area (TPSA) is 206 Å². The summed E-state index contributed by atoms with van der Waals surface area (Å²) >= 11 is 0. The van der Waals surface area contributed by atoms with Gasteiger partial charge in [0.15, 0.2) is 0 Å². The number of rotatable bonds is 18. The fraction of sp³-hybridized carbons (Fsp3) is 0.697. The number of amides is 2. The molecule has 0 saturated carbocycles. The molecule has 0 aromatic heterocycles. The molecule has 0 fully saturated rings. The van der Waals surface area contributed by atoms with Gasteiger partial charge in [0.1, 0.15) is 6.04 Å². The van der Waals surface area contributed by atoms with Crippen molar-refractivity contribution in [2.24, 2.45) is 5.73 Å². The molecule has 0 heterocycles. The van der Waals surface area contributed by atoms with E-state index in [4.69, 9.17) is 15.6 Å². The van der Waals surface area contributed by atoms with Crippen molar-refractivity contribution < 1.29 is 42.2 Å². The Labute approximate surface area is 289 Å². The third kappa shape index (κ3) is 47.3. The van der Waals surface area contributed by atoms with Gasteiger partial charge >= 0.3 is 11.9 Å². The monoisotopic (exact) mass is 707 g/mol. The number of carboxylic acid groups (broad SMARTS) is 1. The highest BCUT2D eigenvalue weighted by molar-refractivity contribution is 7.88. The summed E-state index contributed by atoms with van der Waals surface area (Å²) in [4.78, 5) is 44.1.